The molecule has 1 aliphatic rings. The van der Waals surface area contributed by atoms with Gasteiger partial charge in [-0.15, -0.1) is 0 Å². The maximum atomic E-state index is 8.89. The number of nitrogen functional groups attached to an aromatic ring is 1. The van der Waals surface area contributed by atoms with Gasteiger partial charge in [0.1, 0.15) is 17.5 Å². The van der Waals surface area contributed by atoms with Crippen molar-refractivity contribution in [3.63, 3.8) is 0 Å². The minimum atomic E-state index is 0.457. The molecule has 1 heterocycles. The van der Waals surface area contributed by atoms with Crippen molar-refractivity contribution in [2.75, 3.05) is 5.73 Å². The first-order chi connectivity index (χ1) is 6.15. The number of aromatic nitrogens is 2. The van der Waals surface area contributed by atoms with Crippen LogP contribution in [-0.4, -0.2) is 9.78 Å². The lowest BCUT2D eigenvalue weighted by Gasteiger charge is -1.90. The van der Waals surface area contributed by atoms with E-state index in [-0.39, 0.29) is 0 Å². The van der Waals surface area contributed by atoms with Gasteiger partial charge < -0.3 is 5.73 Å². The zero-order chi connectivity index (χ0) is 9.59. The topological polar surface area (TPSA) is 67.6 Å². The van der Waals surface area contributed by atoms with Gasteiger partial charge in [0.2, 0.25) is 0 Å². The van der Waals surface area contributed by atoms with Crippen LogP contribution >= 0.6 is 0 Å². The number of aryl methyl sites for hydroxylation is 1. The highest BCUT2D eigenvalue weighted by Gasteiger charge is 2.38. The van der Waals surface area contributed by atoms with Crippen molar-refractivity contribution in [2.45, 2.75) is 19.3 Å². The van der Waals surface area contributed by atoms with E-state index in [2.05, 4.69) is 18.1 Å². The van der Waals surface area contributed by atoms with Crippen molar-refractivity contribution in [1.29, 1.82) is 5.26 Å². The van der Waals surface area contributed by atoms with Gasteiger partial charge in [-0.25, -0.2) is 0 Å². The lowest BCUT2D eigenvalue weighted by molar-refractivity contribution is 0.743. The molecule has 68 valence electrons. The Hall–Kier alpha value is -1.50. The molecule has 0 radical (unpaired) electrons. The van der Waals surface area contributed by atoms with Crippen molar-refractivity contribution < 1.29 is 0 Å². The number of anilines is 1. The molecule has 0 bridgehead atoms. The highest BCUT2D eigenvalue weighted by atomic mass is 15.3. The molecule has 2 atom stereocenters. The van der Waals surface area contributed by atoms with Gasteiger partial charge in [-0.2, -0.15) is 10.4 Å². The predicted molar refractivity (Wildman–Crippen MR) is 48.9 cm³/mol. The molecule has 4 nitrogen and oxygen atoms in total. The standard InChI is InChI=1S/C9H12N4/c1-5-3-6(5)8-7(4-10)9(11)13(2)12-8/h5-6H,3,11H2,1-2H3. The average molecular weight is 176 g/mol. The normalized spacial score (nSPS) is 25.6. The summed E-state index contributed by atoms with van der Waals surface area (Å²) < 4.78 is 1.58. The monoisotopic (exact) mass is 176 g/mol. The summed E-state index contributed by atoms with van der Waals surface area (Å²) in [5, 5.41) is 13.2. The van der Waals surface area contributed by atoms with Gasteiger partial charge in [0.05, 0.1) is 5.69 Å². The minimum absolute atomic E-state index is 0.457. The van der Waals surface area contributed by atoms with Gasteiger partial charge in [0.25, 0.3) is 0 Å². The molecule has 2 unspecified atom stereocenters. The second-order valence-electron chi connectivity index (χ2n) is 3.70. The van der Waals surface area contributed by atoms with E-state index in [9.17, 15) is 0 Å². The van der Waals surface area contributed by atoms with Crippen LogP contribution in [0.4, 0.5) is 5.82 Å². The number of hydrogen-bond donors (Lipinski definition) is 1. The fourth-order valence-corrected chi connectivity index (χ4v) is 1.64. The summed E-state index contributed by atoms with van der Waals surface area (Å²) in [7, 11) is 1.77. The molecule has 1 aliphatic carbocycles. The molecule has 0 aliphatic heterocycles. The Labute approximate surface area is 77.0 Å². The number of nitrogens with zero attached hydrogens (tertiary/aromatic N) is 3. The summed E-state index contributed by atoms with van der Waals surface area (Å²) in [5.41, 5.74) is 7.15. The van der Waals surface area contributed by atoms with E-state index in [0.717, 1.165) is 12.1 Å². The molecule has 0 aromatic carbocycles. The Morgan fingerprint density at radius 3 is 2.77 bits per heavy atom. The molecule has 4 heteroatoms. The van der Waals surface area contributed by atoms with Crippen molar-refractivity contribution in [2.24, 2.45) is 13.0 Å². The molecule has 2 N–H and O–H groups in total. The summed E-state index contributed by atoms with van der Waals surface area (Å²) in [6, 6.07) is 2.12. The number of nitrogens with two attached hydrogens (primary N) is 1. The third-order valence-corrected chi connectivity index (χ3v) is 2.69. The van der Waals surface area contributed by atoms with E-state index in [0.29, 0.717) is 23.2 Å². The van der Waals surface area contributed by atoms with Gasteiger partial charge >= 0.3 is 0 Å². The third kappa shape index (κ3) is 1.08. The first kappa shape index (κ1) is 8.11. The summed E-state index contributed by atoms with van der Waals surface area (Å²) >= 11 is 0. The summed E-state index contributed by atoms with van der Waals surface area (Å²) in [6.07, 6.45) is 1.13. The first-order valence-electron chi connectivity index (χ1n) is 4.37. The van der Waals surface area contributed by atoms with Gasteiger partial charge in [-0.05, 0) is 12.3 Å². The highest BCUT2D eigenvalue weighted by molar-refractivity contribution is 5.53. The maximum Gasteiger partial charge on any atom is 0.139 e. The van der Waals surface area contributed by atoms with Crippen molar-refractivity contribution in [1.82, 2.24) is 9.78 Å². The van der Waals surface area contributed by atoms with E-state index >= 15 is 0 Å². The Morgan fingerprint density at radius 2 is 2.31 bits per heavy atom. The predicted octanol–water partition coefficient (Wildman–Crippen LogP) is 0.997. The fraction of sp³-hybridized carbons (Fsp3) is 0.556. The molecule has 1 fully saturated rings. The molecular weight excluding hydrogens is 164 g/mol. The maximum absolute atomic E-state index is 8.89. The van der Waals surface area contributed by atoms with Gasteiger partial charge in [0.15, 0.2) is 0 Å². The van der Waals surface area contributed by atoms with Crippen molar-refractivity contribution >= 4 is 5.82 Å². The van der Waals surface area contributed by atoms with E-state index in [4.69, 9.17) is 11.0 Å². The number of hydrogen-bond acceptors (Lipinski definition) is 3. The lowest BCUT2D eigenvalue weighted by atomic mass is 10.1. The molecular formula is C9H12N4. The second-order valence-corrected chi connectivity index (χ2v) is 3.70. The first-order valence-corrected chi connectivity index (χ1v) is 4.37. The molecule has 1 aromatic heterocycles. The lowest BCUT2D eigenvalue weighted by Crippen LogP contribution is -1.97. The van der Waals surface area contributed by atoms with Crippen LogP contribution in [0.1, 0.15) is 30.5 Å². The Balaban J connectivity index is 2.47. The summed E-state index contributed by atoms with van der Waals surface area (Å²) in [5.74, 6) is 1.59. The number of rotatable bonds is 1. The summed E-state index contributed by atoms with van der Waals surface area (Å²) in [6.45, 7) is 2.16. The Morgan fingerprint density at radius 1 is 1.69 bits per heavy atom. The molecule has 1 saturated carbocycles. The van der Waals surface area contributed by atoms with Crippen LogP contribution in [0.25, 0.3) is 0 Å². The van der Waals surface area contributed by atoms with Gasteiger partial charge in [-0.3, -0.25) is 4.68 Å². The van der Waals surface area contributed by atoms with E-state index < -0.39 is 0 Å². The zero-order valence-electron chi connectivity index (χ0n) is 7.78. The fourth-order valence-electron chi connectivity index (χ4n) is 1.64. The van der Waals surface area contributed by atoms with E-state index in [1.54, 1.807) is 11.7 Å². The van der Waals surface area contributed by atoms with Crippen LogP contribution in [-0.2, 0) is 7.05 Å². The van der Waals surface area contributed by atoms with E-state index in [1.165, 1.54) is 0 Å². The molecule has 0 saturated heterocycles. The van der Waals surface area contributed by atoms with Crippen molar-refractivity contribution in [3.8, 4) is 6.07 Å². The molecule has 0 amide bonds. The Bertz CT molecular complexity index is 385. The average Bonchev–Trinajstić information content (AvgIpc) is 2.74. The molecule has 2 rings (SSSR count). The Kier molecular flexibility index (Phi) is 1.56. The van der Waals surface area contributed by atoms with Crippen LogP contribution in [0.5, 0.6) is 0 Å². The van der Waals surface area contributed by atoms with Crippen molar-refractivity contribution in [3.05, 3.63) is 11.3 Å². The second kappa shape index (κ2) is 2.49. The quantitative estimate of drug-likeness (QED) is 0.694. The highest BCUT2D eigenvalue weighted by Crippen LogP contribution is 2.47. The number of nitriles is 1. The largest absolute Gasteiger partial charge is 0.383 e. The smallest absolute Gasteiger partial charge is 0.139 e. The van der Waals surface area contributed by atoms with E-state index in [1.807, 2.05) is 0 Å². The third-order valence-electron chi connectivity index (χ3n) is 2.69. The SMILES string of the molecule is CC1CC1c1nn(C)c(N)c1C#N. The molecule has 1 aromatic rings. The van der Waals surface area contributed by atoms with Crippen LogP contribution in [0.2, 0.25) is 0 Å². The minimum Gasteiger partial charge on any atom is -0.383 e. The molecule has 13 heavy (non-hydrogen) atoms. The van der Waals surface area contributed by atoms with Gasteiger partial charge in [0, 0.05) is 13.0 Å². The zero-order valence-corrected chi connectivity index (χ0v) is 7.78. The van der Waals surface area contributed by atoms with Crippen LogP contribution in [0.3, 0.4) is 0 Å². The van der Waals surface area contributed by atoms with Crippen LogP contribution < -0.4 is 5.73 Å². The van der Waals surface area contributed by atoms with Gasteiger partial charge in [-0.1, -0.05) is 6.92 Å². The summed E-state index contributed by atoms with van der Waals surface area (Å²) in [4.78, 5) is 0. The molecule has 0 spiro atoms. The van der Waals surface area contributed by atoms with Crippen LogP contribution in [0, 0.1) is 17.2 Å². The van der Waals surface area contributed by atoms with Crippen LogP contribution in [0.15, 0.2) is 0 Å².